The first-order valence-corrected chi connectivity index (χ1v) is 11.7. The minimum absolute atomic E-state index is 0.164. The molecule has 184 valence electrons. The zero-order valence-corrected chi connectivity index (χ0v) is 20.2. The smallest absolute Gasteiger partial charge is 0.329 e. The largest absolute Gasteiger partial charge is 0.504 e. The number of hydrogen-bond acceptors (Lipinski definition) is 6. The molecule has 4 atom stereocenters. The normalized spacial score (nSPS) is 25.2. The number of hydrogen-bond donors (Lipinski definition) is 3. The Morgan fingerprint density at radius 1 is 1.06 bits per heavy atom. The van der Waals surface area contributed by atoms with Crippen LogP contribution >= 0.6 is 11.6 Å². The van der Waals surface area contributed by atoms with Crippen molar-refractivity contribution in [3.8, 4) is 11.5 Å². The number of phenolic OH excluding ortho intramolecular Hbond substituents is 1. The Hall–Kier alpha value is -3.88. The van der Waals surface area contributed by atoms with Crippen molar-refractivity contribution in [2.45, 2.75) is 18.5 Å². The first kappa shape index (κ1) is 23.8. The van der Waals surface area contributed by atoms with E-state index in [1.807, 2.05) is 0 Å². The number of aliphatic carboxylic acids is 1. The molecule has 0 bridgehead atoms. The predicted molar refractivity (Wildman–Crippen MR) is 132 cm³/mol. The Morgan fingerprint density at radius 2 is 1.78 bits per heavy atom. The number of aromatic hydroxyl groups is 1. The van der Waals surface area contributed by atoms with E-state index in [1.165, 1.54) is 13.2 Å². The molecule has 2 aliphatic heterocycles. The molecule has 0 aromatic heterocycles. The number of nitrogens with zero attached hydrogens (tertiary/aromatic N) is 1. The summed E-state index contributed by atoms with van der Waals surface area (Å²) in [5.74, 6) is -5.02. The first-order chi connectivity index (χ1) is 17.2. The molecule has 4 unspecified atom stereocenters. The van der Waals surface area contributed by atoms with Crippen LogP contribution in [0.5, 0.6) is 11.5 Å². The SMILES string of the molecule is COc1cccc(C2NC(C(=O)O)(c3ccccc3)C3C(=O)N(c4ccc(C)c(Cl)c4)C(=O)C23)c1O. The maximum Gasteiger partial charge on any atom is 0.329 e. The zero-order valence-electron chi connectivity index (χ0n) is 19.4. The highest BCUT2D eigenvalue weighted by atomic mass is 35.5. The third-order valence-electron chi connectivity index (χ3n) is 7.13. The molecule has 5 rings (SSSR count). The van der Waals surface area contributed by atoms with Gasteiger partial charge in [-0.1, -0.05) is 60.1 Å². The predicted octanol–water partition coefficient (Wildman–Crippen LogP) is 3.79. The van der Waals surface area contributed by atoms with Crippen LogP contribution in [-0.2, 0) is 19.9 Å². The van der Waals surface area contributed by atoms with Crippen molar-refractivity contribution in [3.63, 3.8) is 0 Å². The molecular weight excluding hydrogens is 484 g/mol. The molecule has 2 aliphatic rings. The molecule has 9 heteroatoms. The maximum absolute atomic E-state index is 13.9. The molecule has 3 aromatic rings. The van der Waals surface area contributed by atoms with Gasteiger partial charge in [-0.2, -0.15) is 0 Å². The number of benzene rings is 3. The van der Waals surface area contributed by atoms with Crippen molar-refractivity contribution < 1.29 is 29.3 Å². The van der Waals surface area contributed by atoms with Gasteiger partial charge < -0.3 is 14.9 Å². The van der Waals surface area contributed by atoms with E-state index in [0.717, 1.165) is 10.5 Å². The highest BCUT2D eigenvalue weighted by Gasteiger charge is 2.69. The first-order valence-electron chi connectivity index (χ1n) is 11.3. The Kier molecular flexibility index (Phi) is 5.73. The molecular formula is C27H23ClN2O6. The fourth-order valence-corrected chi connectivity index (χ4v) is 5.57. The molecule has 36 heavy (non-hydrogen) atoms. The van der Waals surface area contributed by atoms with E-state index in [2.05, 4.69) is 5.32 Å². The molecule has 3 N–H and O–H groups in total. The van der Waals surface area contributed by atoms with Crippen LogP contribution in [0, 0.1) is 18.8 Å². The van der Waals surface area contributed by atoms with E-state index in [-0.39, 0.29) is 22.7 Å². The van der Waals surface area contributed by atoms with Gasteiger partial charge in [-0.15, -0.1) is 0 Å². The number of carbonyl (C=O) groups excluding carboxylic acids is 2. The summed E-state index contributed by atoms with van der Waals surface area (Å²) in [6.07, 6.45) is 0. The van der Waals surface area contributed by atoms with E-state index in [4.69, 9.17) is 16.3 Å². The van der Waals surface area contributed by atoms with Gasteiger partial charge in [0, 0.05) is 16.6 Å². The zero-order chi connectivity index (χ0) is 25.8. The van der Waals surface area contributed by atoms with Crippen LogP contribution in [-0.4, -0.2) is 35.1 Å². The van der Waals surface area contributed by atoms with Crippen molar-refractivity contribution in [3.05, 3.63) is 88.4 Å². The van der Waals surface area contributed by atoms with Crippen molar-refractivity contribution >= 4 is 35.1 Å². The molecule has 2 fully saturated rings. The molecule has 2 saturated heterocycles. The number of phenols is 1. The lowest BCUT2D eigenvalue weighted by Gasteiger charge is -2.31. The Labute approximate surface area is 212 Å². The highest BCUT2D eigenvalue weighted by Crippen LogP contribution is 2.55. The van der Waals surface area contributed by atoms with Gasteiger partial charge in [0.05, 0.1) is 24.6 Å². The summed E-state index contributed by atoms with van der Waals surface area (Å²) in [5, 5.41) is 24.9. The van der Waals surface area contributed by atoms with Crippen LogP contribution in [0.3, 0.4) is 0 Å². The van der Waals surface area contributed by atoms with Crippen molar-refractivity contribution in [1.29, 1.82) is 0 Å². The van der Waals surface area contributed by atoms with Crippen molar-refractivity contribution in [2.24, 2.45) is 11.8 Å². The van der Waals surface area contributed by atoms with Crippen molar-refractivity contribution in [1.82, 2.24) is 5.32 Å². The number of carbonyl (C=O) groups is 3. The van der Waals surface area contributed by atoms with Crippen LogP contribution in [0.2, 0.25) is 5.02 Å². The lowest BCUT2D eigenvalue weighted by molar-refractivity contribution is -0.149. The summed E-state index contributed by atoms with van der Waals surface area (Å²) in [7, 11) is 1.39. The number of nitrogens with one attached hydrogen (secondary N) is 1. The van der Waals surface area contributed by atoms with Crippen LogP contribution in [0.15, 0.2) is 66.7 Å². The number of imide groups is 1. The van der Waals surface area contributed by atoms with E-state index < -0.39 is 41.2 Å². The maximum atomic E-state index is 13.9. The summed E-state index contributed by atoms with van der Waals surface area (Å²) >= 11 is 6.29. The fourth-order valence-electron chi connectivity index (χ4n) is 5.39. The lowest BCUT2D eigenvalue weighted by atomic mass is 9.75. The molecule has 2 heterocycles. The lowest BCUT2D eigenvalue weighted by Crippen LogP contribution is -2.53. The monoisotopic (exact) mass is 506 g/mol. The van der Waals surface area contributed by atoms with E-state index >= 15 is 0 Å². The average molecular weight is 507 g/mol. The summed E-state index contributed by atoms with van der Waals surface area (Å²) < 4.78 is 5.23. The number of amides is 2. The second kappa shape index (κ2) is 8.65. The molecule has 2 amide bonds. The third kappa shape index (κ3) is 3.29. The molecule has 0 radical (unpaired) electrons. The average Bonchev–Trinajstić information content (AvgIpc) is 3.36. The van der Waals surface area contributed by atoms with Gasteiger partial charge in [0.25, 0.3) is 0 Å². The molecule has 0 aliphatic carbocycles. The van der Waals surface area contributed by atoms with Gasteiger partial charge in [-0.25, -0.2) is 9.69 Å². The number of carboxylic acids is 1. The second-order valence-corrected chi connectivity index (χ2v) is 9.36. The van der Waals surface area contributed by atoms with Gasteiger partial charge >= 0.3 is 5.97 Å². The Balaban J connectivity index is 1.74. The number of aryl methyl sites for hydroxylation is 1. The van der Waals surface area contributed by atoms with Gasteiger partial charge in [0.2, 0.25) is 11.8 Å². The number of anilines is 1. The number of ether oxygens (including phenoxy) is 1. The number of methoxy groups -OCH3 is 1. The summed E-state index contributed by atoms with van der Waals surface area (Å²) in [6, 6.07) is 16.9. The van der Waals surface area contributed by atoms with Crippen LogP contribution in [0.4, 0.5) is 5.69 Å². The minimum Gasteiger partial charge on any atom is -0.504 e. The van der Waals surface area contributed by atoms with Crippen molar-refractivity contribution in [2.75, 3.05) is 12.0 Å². The summed E-state index contributed by atoms with van der Waals surface area (Å²) in [4.78, 5) is 41.8. The Morgan fingerprint density at radius 3 is 2.42 bits per heavy atom. The summed E-state index contributed by atoms with van der Waals surface area (Å²) in [5.41, 5.74) is -0.321. The van der Waals surface area contributed by atoms with E-state index in [9.17, 15) is 24.6 Å². The second-order valence-electron chi connectivity index (χ2n) is 8.95. The number of halogens is 1. The number of carboxylic acid groups (broad SMARTS) is 1. The third-order valence-corrected chi connectivity index (χ3v) is 7.53. The Bertz CT molecular complexity index is 1390. The van der Waals surface area contributed by atoms with Gasteiger partial charge in [-0.05, 0) is 36.2 Å². The highest BCUT2D eigenvalue weighted by molar-refractivity contribution is 6.32. The number of para-hydroxylation sites is 1. The molecule has 8 nitrogen and oxygen atoms in total. The molecule has 3 aromatic carbocycles. The molecule has 0 spiro atoms. The minimum atomic E-state index is -1.93. The van der Waals surface area contributed by atoms with Gasteiger partial charge in [-0.3, -0.25) is 14.9 Å². The van der Waals surface area contributed by atoms with E-state index in [1.54, 1.807) is 67.6 Å². The number of fused-ring (bicyclic) bond motifs is 1. The van der Waals surface area contributed by atoms with Gasteiger partial charge in [0.15, 0.2) is 17.0 Å². The molecule has 0 saturated carbocycles. The summed E-state index contributed by atoms with van der Waals surface area (Å²) in [6.45, 7) is 1.80. The van der Waals surface area contributed by atoms with Crippen LogP contribution < -0.4 is 15.0 Å². The topological polar surface area (TPSA) is 116 Å². The standard InChI is InChI=1S/C27H23ClN2O6/c1-14-11-12-16(13-18(14)28)30-24(32)20-21(25(30)33)27(26(34)35,15-7-4-3-5-8-15)29-22(20)17-9-6-10-19(36-2)23(17)31/h3-13,20-22,29,31H,1-2H3,(H,34,35). The quantitative estimate of drug-likeness (QED) is 0.451. The van der Waals surface area contributed by atoms with Crippen LogP contribution in [0.25, 0.3) is 0 Å². The van der Waals surface area contributed by atoms with E-state index in [0.29, 0.717) is 10.6 Å². The van der Waals surface area contributed by atoms with Gasteiger partial charge in [0.1, 0.15) is 0 Å². The number of rotatable bonds is 5. The fraction of sp³-hybridized carbons (Fsp3) is 0.222. The van der Waals surface area contributed by atoms with Crippen LogP contribution in [0.1, 0.15) is 22.7 Å².